The predicted octanol–water partition coefficient (Wildman–Crippen LogP) is 7.18. The number of carbonyl (C=O) groups is 2. The minimum Gasteiger partial charge on any atom is -0.497 e. The van der Waals surface area contributed by atoms with Gasteiger partial charge in [0.1, 0.15) is 17.4 Å². The number of ether oxygens (including phenoxy) is 2. The monoisotopic (exact) mass is 587 g/mol. The maximum Gasteiger partial charge on any atom is 0.345 e. The van der Waals surface area contributed by atoms with Crippen LogP contribution < -0.4 is 4.74 Å². The molecule has 2 amide bonds. The first-order valence-electron chi connectivity index (χ1n) is 14.6. The Balaban J connectivity index is 1.62. The van der Waals surface area contributed by atoms with Gasteiger partial charge in [-0.1, -0.05) is 103 Å². The van der Waals surface area contributed by atoms with E-state index < -0.39 is 23.6 Å². The quantitative estimate of drug-likeness (QED) is 0.154. The zero-order valence-corrected chi connectivity index (χ0v) is 25.5. The van der Waals surface area contributed by atoms with Gasteiger partial charge >= 0.3 is 12.0 Å². The Bertz CT molecular complexity index is 1590. The molecule has 1 aliphatic heterocycles. The summed E-state index contributed by atoms with van der Waals surface area (Å²) in [5.41, 5.74) is 4.07. The number of urea groups is 1. The lowest BCUT2D eigenvalue weighted by atomic mass is 10.0. The van der Waals surface area contributed by atoms with E-state index in [0.717, 1.165) is 28.0 Å². The SMILES string of the molecule is COc1ccc(C=C2CN(N=C(c3ccccc3)c3ccccc3)C(=O)N2[C@H](Cc2ccccc2)C(=O)OC(C)(C)C)cc1. The largest absolute Gasteiger partial charge is 0.497 e. The van der Waals surface area contributed by atoms with Crippen LogP contribution in [-0.2, 0) is 16.0 Å². The number of benzene rings is 4. The number of esters is 1. The van der Waals surface area contributed by atoms with Gasteiger partial charge < -0.3 is 9.47 Å². The van der Waals surface area contributed by atoms with Crippen LogP contribution in [0.2, 0.25) is 0 Å². The number of rotatable bonds is 9. The molecule has 0 bridgehead atoms. The van der Waals surface area contributed by atoms with Crippen LogP contribution in [0.1, 0.15) is 43.0 Å². The summed E-state index contributed by atoms with van der Waals surface area (Å²) in [6.07, 6.45) is 2.20. The molecule has 5 rings (SSSR count). The lowest BCUT2D eigenvalue weighted by Crippen LogP contribution is -2.46. The maximum atomic E-state index is 14.4. The van der Waals surface area contributed by atoms with Gasteiger partial charge in [0.2, 0.25) is 0 Å². The minimum absolute atomic E-state index is 0.169. The first kappa shape index (κ1) is 30.3. The molecule has 1 heterocycles. The zero-order chi connectivity index (χ0) is 31.1. The molecule has 1 fully saturated rings. The summed E-state index contributed by atoms with van der Waals surface area (Å²) in [7, 11) is 1.62. The first-order valence-corrected chi connectivity index (χ1v) is 14.6. The molecule has 0 saturated carbocycles. The summed E-state index contributed by atoms with van der Waals surface area (Å²) in [5, 5.41) is 6.37. The van der Waals surface area contributed by atoms with Crippen LogP contribution in [0.15, 0.2) is 126 Å². The van der Waals surface area contributed by atoms with Gasteiger partial charge in [-0.3, -0.25) is 4.90 Å². The van der Waals surface area contributed by atoms with Crippen LogP contribution in [0.3, 0.4) is 0 Å². The third kappa shape index (κ3) is 7.42. The summed E-state index contributed by atoms with van der Waals surface area (Å²) < 4.78 is 11.2. The molecule has 1 saturated heterocycles. The fraction of sp³-hybridized carbons (Fsp3) is 0.216. The Labute approximate surface area is 259 Å². The standard InChI is InChI=1S/C37H37N3O4/c1-37(2,3)44-35(41)33(25-27-14-8-5-9-15-27)40-31(24-28-20-22-32(43-4)23-21-28)26-39(36(40)42)38-34(29-16-10-6-11-17-29)30-18-12-7-13-19-30/h5-24,33H,25-26H2,1-4H3/t33-/m1/s1. The van der Waals surface area contributed by atoms with E-state index in [1.165, 1.54) is 5.01 Å². The van der Waals surface area contributed by atoms with Crippen molar-refractivity contribution >= 4 is 23.8 Å². The summed E-state index contributed by atoms with van der Waals surface area (Å²) in [4.78, 5) is 29.8. The fourth-order valence-electron chi connectivity index (χ4n) is 5.05. The van der Waals surface area contributed by atoms with E-state index in [9.17, 15) is 9.59 Å². The number of nitrogens with zero attached hydrogens (tertiary/aromatic N) is 3. The maximum absolute atomic E-state index is 14.4. The fourth-order valence-corrected chi connectivity index (χ4v) is 5.05. The molecule has 7 nitrogen and oxygen atoms in total. The molecule has 0 unspecified atom stereocenters. The van der Waals surface area contributed by atoms with E-state index >= 15 is 0 Å². The first-order chi connectivity index (χ1) is 21.2. The third-order valence-electron chi connectivity index (χ3n) is 7.07. The highest BCUT2D eigenvalue weighted by Crippen LogP contribution is 2.29. The van der Waals surface area contributed by atoms with Crippen molar-refractivity contribution in [1.29, 1.82) is 0 Å². The molecule has 44 heavy (non-hydrogen) atoms. The predicted molar refractivity (Wildman–Crippen MR) is 173 cm³/mol. The van der Waals surface area contributed by atoms with Crippen LogP contribution >= 0.6 is 0 Å². The van der Waals surface area contributed by atoms with Gasteiger partial charge in [0, 0.05) is 23.2 Å². The molecular weight excluding hydrogens is 550 g/mol. The van der Waals surface area contributed by atoms with Crippen molar-refractivity contribution in [3.05, 3.63) is 143 Å². The van der Waals surface area contributed by atoms with Gasteiger partial charge in [0.05, 0.1) is 19.4 Å². The van der Waals surface area contributed by atoms with E-state index in [-0.39, 0.29) is 13.0 Å². The normalized spacial score (nSPS) is 14.8. The highest BCUT2D eigenvalue weighted by atomic mass is 16.6. The number of methoxy groups -OCH3 is 1. The van der Waals surface area contributed by atoms with E-state index in [0.29, 0.717) is 11.4 Å². The van der Waals surface area contributed by atoms with E-state index in [4.69, 9.17) is 14.6 Å². The Kier molecular flexibility index (Phi) is 9.24. The molecule has 0 aliphatic carbocycles. The van der Waals surface area contributed by atoms with Crippen molar-refractivity contribution in [2.75, 3.05) is 13.7 Å². The Morgan fingerprint density at radius 2 is 1.39 bits per heavy atom. The van der Waals surface area contributed by atoms with Gasteiger partial charge in [-0.25, -0.2) is 14.6 Å². The molecule has 0 N–H and O–H groups in total. The zero-order valence-electron chi connectivity index (χ0n) is 25.5. The minimum atomic E-state index is -0.911. The van der Waals surface area contributed by atoms with Crippen molar-refractivity contribution in [1.82, 2.24) is 9.91 Å². The smallest absolute Gasteiger partial charge is 0.345 e. The van der Waals surface area contributed by atoms with E-state index in [1.54, 1.807) is 12.0 Å². The lowest BCUT2D eigenvalue weighted by Gasteiger charge is -2.30. The molecule has 1 atom stereocenters. The second kappa shape index (κ2) is 13.4. The number of carbonyl (C=O) groups excluding carboxylic acids is 2. The Morgan fingerprint density at radius 3 is 1.91 bits per heavy atom. The molecule has 0 radical (unpaired) electrons. The number of hydrogen-bond acceptors (Lipinski definition) is 5. The second-order valence-corrected chi connectivity index (χ2v) is 11.5. The van der Waals surface area contributed by atoms with E-state index in [1.807, 2.05) is 142 Å². The molecule has 0 spiro atoms. The third-order valence-corrected chi connectivity index (χ3v) is 7.07. The van der Waals surface area contributed by atoms with Gasteiger partial charge in [0.15, 0.2) is 0 Å². The van der Waals surface area contributed by atoms with Crippen molar-refractivity contribution < 1.29 is 19.1 Å². The van der Waals surface area contributed by atoms with Crippen LogP contribution in [0.4, 0.5) is 4.79 Å². The van der Waals surface area contributed by atoms with Crippen LogP contribution in [0.25, 0.3) is 6.08 Å². The molecule has 224 valence electrons. The van der Waals surface area contributed by atoms with Gasteiger partial charge in [-0.05, 0) is 50.1 Å². The summed E-state index contributed by atoms with van der Waals surface area (Å²) in [6, 6.07) is 35.4. The van der Waals surface area contributed by atoms with Crippen LogP contribution in [0.5, 0.6) is 5.75 Å². The second-order valence-electron chi connectivity index (χ2n) is 11.5. The van der Waals surface area contributed by atoms with Crippen molar-refractivity contribution in [3.63, 3.8) is 0 Å². The molecule has 4 aromatic carbocycles. The van der Waals surface area contributed by atoms with Gasteiger partial charge in [-0.15, -0.1) is 0 Å². The average Bonchev–Trinajstić information content (AvgIpc) is 3.33. The topological polar surface area (TPSA) is 71.4 Å². The molecule has 0 aromatic heterocycles. The van der Waals surface area contributed by atoms with Crippen molar-refractivity contribution in [2.24, 2.45) is 5.10 Å². The lowest BCUT2D eigenvalue weighted by molar-refractivity contribution is -0.159. The van der Waals surface area contributed by atoms with Gasteiger partial charge in [-0.2, -0.15) is 5.10 Å². The van der Waals surface area contributed by atoms with Gasteiger partial charge in [0.25, 0.3) is 0 Å². The molecular formula is C37H37N3O4. The highest BCUT2D eigenvalue weighted by Gasteiger charge is 2.43. The number of amides is 2. The Hall–Kier alpha value is -5.17. The number of hydrazone groups is 1. The van der Waals surface area contributed by atoms with Crippen molar-refractivity contribution in [3.8, 4) is 5.75 Å². The van der Waals surface area contributed by atoms with E-state index in [2.05, 4.69) is 0 Å². The number of hydrogen-bond donors (Lipinski definition) is 0. The Morgan fingerprint density at radius 1 is 0.841 bits per heavy atom. The highest BCUT2D eigenvalue weighted by molar-refractivity contribution is 6.13. The van der Waals surface area contributed by atoms with Crippen LogP contribution in [-0.4, -0.2) is 52.9 Å². The summed E-state index contributed by atoms with van der Waals surface area (Å²) >= 11 is 0. The average molecular weight is 588 g/mol. The molecule has 7 heteroatoms. The summed E-state index contributed by atoms with van der Waals surface area (Å²) in [5.74, 6) is 0.247. The van der Waals surface area contributed by atoms with Crippen molar-refractivity contribution in [2.45, 2.75) is 38.8 Å². The molecule has 1 aliphatic rings. The van der Waals surface area contributed by atoms with Crippen LogP contribution in [0, 0.1) is 0 Å². The molecule has 4 aromatic rings. The summed E-state index contributed by atoms with van der Waals surface area (Å²) in [6.45, 7) is 5.65.